The minimum atomic E-state index is 1.04. The molecule has 0 fully saturated rings. The van der Waals surface area contributed by atoms with Crippen molar-refractivity contribution >= 4 is 0 Å². The van der Waals surface area contributed by atoms with Crippen LogP contribution in [-0.4, -0.2) is 0 Å². The molecule has 0 aromatic heterocycles. The number of benzene rings is 3. The van der Waals surface area contributed by atoms with Gasteiger partial charge in [-0.25, -0.2) is 0 Å². The first-order valence-electron chi connectivity index (χ1n) is 8.12. The molecule has 3 aromatic carbocycles. The normalized spacial score (nSPS) is 12.0. The van der Waals surface area contributed by atoms with Crippen molar-refractivity contribution in [3.05, 3.63) is 94.5 Å². The van der Waals surface area contributed by atoms with Crippen molar-refractivity contribution in [3.63, 3.8) is 0 Å². The summed E-state index contributed by atoms with van der Waals surface area (Å²) in [6, 6.07) is 24.4. The third-order valence-electron chi connectivity index (χ3n) is 4.83. The molecule has 22 heavy (non-hydrogen) atoms. The molecular weight excluding hydrogens is 264 g/mol. The van der Waals surface area contributed by atoms with Gasteiger partial charge in [0.2, 0.25) is 0 Å². The second-order valence-corrected chi connectivity index (χ2v) is 6.08. The van der Waals surface area contributed by atoms with Crippen molar-refractivity contribution in [2.75, 3.05) is 0 Å². The first-order chi connectivity index (χ1) is 10.9. The van der Waals surface area contributed by atoms with Crippen LogP contribution in [-0.2, 0) is 19.3 Å². The van der Waals surface area contributed by atoms with Crippen LogP contribution in [0.1, 0.15) is 34.7 Å². The number of fused-ring (bicyclic) bond motifs is 3. The molecule has 0 spiro atoms. The van der Waals surface area contributed by atoms with E-state index in [0.29, 0.717) is 0 Å². The lowest BCUT2D eigenvalue weighted by molar-refractivity contribution is 1.04. The van der Waals surface area contributed by atoms with Crippen LogP contribution in [0.3, 0.4) is 0 Å². The standard InChI is InChI=1S/C22H20/c1-2-16-8-3-4-9-17(16)14-18-11-7-13-21-20-12-6-5-10-19(20)15-22(18)21/h3-13H,2,14-15H2,1H3. The van der Waals surface area contributed by atoms with Crippen molar-refractivity contribution in [1.82, 2.24) is 0 Å². The summed E-state index contributed by atoms with van der Waals surface area (Å²) < 4.78 is 0. The fourth-order valence-electron chi connectivity index (χ4n) is 3.67. The van der Waals surface area contributed by atoms with Crippen LogP contribution < -0.4 is 0 Å². The quantitative estimate of drug-likeness (QED) is 0.472. The topological polar surface area (TPSA) is 0 Å². The number of rotatable bonds is 3. The van der Waals surface area contributed by atoms with Crippen LogP contribution in [0.2, 0.25) is 0 Å². The molecule has 0 heterocycles. The third kappa shape index (κ3) is 2.16. The average molecular weight is 284 g/mol. The fourth-order valence-corrected chi connectivity index (χ4v) is 3.67. The maximum Gasteiger partial charge on any atom is -0.00106 e. The second-order valence-electron chi connectivity index (χ2n) is 6.08. The van der Waals surface area contributed by atoms with Crippen LogP contribution in [0.15, 0.2) is 66.7 Å². The summed E-state index contributed by atoms with van der Waals surface area (Å²) in [5.74, 6) is 0. The molecule has 3 aromatic rings. The number of aryl methyl sites for hydroxylation is 1. The Hall–Kier alpha value is -2.34. The summed E-state index contributed by atoms with van der Waals surface area (Å²) in [5.41, 5.74) is 10.3. The van der Waals surface area contributed by atoms with Crippen LogP contribution in [0, 0.1) is 0 Å². The molecule has 0 aliphatic heterocycles. The maximum absolute atomic E-state index is 2.30. The summed E-state index contributed by atoms with van der Waals surface area (Å²) in [6.07, 6.45) is 3.22. The number of hydrogen-bond donors (Lipinski definition) is 0. The lowest BCUT2D eigenvalue weighted by atomic mass is 9.93. The molecule has 1 aliphatic rings. The fraction of sp³-hybridized carbons (Fsp3) is 0.182. The van der Waals surface area contributed by atoms with Gasteiger partial charge in [-0.05, 0) is 58.2 Å². The molecule has 4 rings (SSSR count). The highest BCUT2D eigenvalue weighted by molar-refractivity contribution is 5.78. The molecule has 0 bridgehead atoms. The van der Waals surface area contributed by atoms with Crippen molar-refractivity contribution < 1.29 is 0 Å². The van der Waals surface area contributed by atoms with E-state index in [-0.39, 0.29) is 0 Å². The zero-order chi connectivity index (χ0) is 14.9. The van der Waals surface area contributed by atoms with E-state index in [2.05, 4.69) is 73.7 Å². The van der Waals surface area contributed by atoms with Gasteiger partial charge in [-0.15, -0.1) is 0 Å². The highest BCUT2D eigenvalue weighted by atomic mass is 14.2. The highest BCUT2D eigenvalue weighted by Crippen LogP contribution is 2.38. The van der Waals surface area contributed by atoms with E-state index in [1.807, 2.05) is 0 Å². The molecule has 0 N–H and O–H groups in total. The minimum absolute atomic E-state index is 1.04. The largest absolute Gasteiger partial charge is 0.0620 e. The van der Waals surface area contributed by atoms with Gasteiger partial charge < -0.3 is 0 Å². The maximum atomic E-state index is 2.30. The molecule has 0 unspecified atom stereocenters. The van der Waals surface area contributed by atoms with Crippen LogP contribution in [0.25, 0.3) is 11.1 Å². The van der Waals surface area contributed by atoms with E-state index in [0.717, 1.165) is 19.3 Å². The molecule has 0 saturated heterocycles. The van der Waals surface area contributed by atoms with Gasteiger partial charge in [0.05, 0.1) is 0 Å². The second kappa shape index (κ2) is 5.46. The average Bonchev–Trinajstić information content (AvgIpc) is 2.95. The predicted octanol–water partition coefficient (Wildman–Crippen LogP) is 5.41. The Bertz CT molecular complexity index is 827. The molecule has 1 aliphatic carbocycles. The molecule has 0 atom stereocenters. The highest BCUT2D eigenvalue weighted by Gasteiger charge is 2.20. The van der Waals surface area contributed by atoms with Gasteiger partial charge in [0, 0.05) is 0 Å². The molecule has 0 radical (unpaired) electrons. The molecular formula is C22H20. The zero-order valence-electron chi connectivity index (χ0n) is 13.0. The summed E-state index contributed by atoms with van der Waals surface area (Å²) >= 11 is 0. The van der Waals surface area contributed by atoms with Crippen molar-refractivity contribution in [2.24, 2.45) is 0 Å². The third-order valence-corrected chi connectivity index (χ3v) is 4.83. The van der Waals surface area contributed by atoms with E-state index >= 15 is 0 Å². The Morgan fingerprint density at radius 3 is 2.23 bits per heavy atom. The smallest absolute Gasteiger partial charge is 0.00106 e. The number of hydrogen-bond acceptors (Lipinski definition) is 0. The van der Waals surface area contributed by atoms with Crippen molar-refractivity contribution in [2.45, 2.75) is 26.2 Å². The molecule has 0 nitrogen and oxygen atoms in total. The Kier molecular flexibility index (Phi) is 3.31. The van der Waals surface area contributed by atoms with Gasteiger partial charge in [-0.2, -0.15) is 0 Å². The van der Waals surface area contributed by atoms with Crippen LogP contribution in [0.5, 0.6) is 0 Å². The van der Waals surface area contributed by atoms with Crippen LogP contribution in [0.4, 0.5) is 0 Å². The summed E-state index contributed by atoms with van der Waals surface area (Å²) in [4.78, 5) is 0. The lowest BCUT2D eigenvalue weighted by Crippen LogP contribution is -1.98. The predicted molar refractivity (Wildman–Crippen MR) is 93.3 cm³/mol. The Balaban J connectivity index is 1.77. The van der Waals surface area contributed by atoms with Gasteiger partial charge in [0.15, 0.2) is 0 Å². The van der Waals surface area contributed by atoms with Gasteiger partial charge in [0.1, 0.15) is 0 Å². The first kappa shape index (κ1) is 13.3. The Morgan fingerprint density at radius 2 is 1.36 bits per heavy atom. The summed E-state index contributed by atoms with van der Waals surface area (Å²) in [5, 5.41) is 0. The zero-order valence-corrected chi connectivity index (χ0v) is 13.0. The molecule has 108 valence electrons. The SMILES string of the molecule is CCc1ccccc1Cc1cccc2c1Cc1ccccc1-2. The molecule has 0 heteroatoms. The molecule has 0 saturated carbocycles. The Morgan fingerprint density at radius 1 is 0.682 bits per heavy atom. The van der Waals surface area contributed by atoms with Gasteiger partial charge in [-0.1, -0.05) is 73.7 Å². The minimum Gasteiger partial charge on any atom is -0.0620 e. The Labute approximate surface area is 132 Å². The first-order valence-corrected chi connectivity index (χ1v) is 8.12. The van der Waals surface area contributed by atoms with E-state index in [1.165, 1.54) is 38.9 Å². The summed E-state index contributed by atoms with van der Waals surface area (Å²) in [6.45, 7) is 2.24. The van der Waals surface area contributed by atoms with Gasteiger partial charge in [0.25, 0.3) is 0 Å². The van der Waals surface area contributed by atoms with E-state index < -0.39 is 0 Å². The van der Waals surface area contributed by atoms with Crippen LogP contribution >= 0.6 is 0 Å². The van der Waals surface area contributed by atoms with E-state index in [9.17, 15) is 0 Å². The lowest BCUT2D eigenvalue weighted by Gasteiger charge is -2.11. The molecule has 0 amide bonds. The van der Waals surface area contributed by atoms with E-state index in [4.69, 9.17) is 0 Å². The summed E-state index contributed by atoms with van der Waals surface area (Å²) in [7, 11) is 0. The van der Waals surface area contributed by atoms with Crippen molar-refractivity contribution in [3.8, 4) is 11.1 Å². The van der Waals surface area contributed by atoms with Crippen molar-refractivity contribution in [1.29, 1.82) is 0 Å². The monoisotopic (exact) mass is 284 g/mol. The van der Waals surface area contributed by atoms with E-state index in [1.54, 1.807) is 0 Å². The van der Waals surface area contributed by atoms with Gasteiger partial charge >= 0.3 is 0 Å². The van der Waals surface area contributed by atoms with Gasteiger partial charge in [-0.3, -0.25) is 0 Å².